The first-order valence-corrected chi connectivity index (χ1v) is 8.79. The molecule has 0 spiro atoms. The van der Waals surface area contributed by atoms with E-state index < -0.39 is 5.79 Å². The first kappa shape index (κ1) is 16.5. The maximum absolute atomic E-state index is 11.2. The molecule has 3 aliphatic heterocycles. The van der Waals surface area contributed by atoms with E-state index in [0.717, 1.165) is 36.8 Å². The molecule has 0 saturated carbocycles. The number of fused-ring (bicyclic) bond motifs is 4. The van der Waals surface area contributed by atoms with Gasteiger partial charge in [0, 0.05) is 23.7 Å². The van der Waals surface area contributed by atoms with Gasteiger partial charge in [-0.15, -0.1) is 6.58 Å². The lowest BCUT2D eigenvalue weighted by Gasteiger charge is -2.52. The van der Waals surface area contributed by atoms with Crippen molar-refractivity contribution in [3.05, 3.63) is 48.7 Å². The van der Waals surface area contributed by atoms with Crippen molar-refractivity contribution in [2.45, 2.75) is 24.7 Å². The summed E-state index contributed by atoms with van der Waals surface area (Å²) >= 11 is 0. The van der Waals surface area contributed by atoms with Crippen molar-refractivity contribution in [1.82, 2.24) is 9.88 Å². The number of aromatic nitrogens is 1. The van der Waals surface area contributed by atoms with Crippen molar-refractivity contribution >= 4 is 10.9 Å². The third-order valence-electron chi connectivity index (χ3n) is 5.92. The van der Waals surface area contributed by atoms with Crippen LogP contribution in [0.1, 0.15) is 18.4 Å². The standard InChI is InChI=1S/C20H24N2O3/c1-3-13-12-22-9-7-14(13)10-19(22)20(23,24)17-6-8-21-18-5-4-15(25-2)11-16(17)18/h3-6,8,11,13-14,19,23-24H,1,7,9-10,12H2,2H3/t13-,14-,19-/m0/s1. The van der Waals surface area contributed by atoms with Crippen molar-refractivity contribution in [2.24, 2.45) is 11.8 Å². The van der Waals surface area contributed by atoms with Gasteiger partial charge in [-0.25, -0.2) is 0 Å². The number of hydrogen-bond acceptors (Lipinski definition) is 5. The number of nitrogens with zero attached hydrogens (tertiary/aromatic N) is 2. The van der Waals surface area contributed by atoms with Crippen LogP contribution in [0.2, 0.25) is 0 Å². The molecule has 4 heterocycles. The topological polar surface area (TPSA) is 65.8 Å². The van der Waals surface area contributed by atoms with Crippen LogP contribution in [0.15, 0.2) is 43.1 Å². The summed E-state index contributed by atoms with van der Waals surface area (Å²) in [6.45, 7) is 5.67. The Morgan fingerprint density at radius 2 is 2.20 bits per heavy atom. The Kier molecular flexibility index (Phi) is 4.02. The quantitative estimate of drug-likeness (QED) is 0.660. The first-order chi connectivity index (χ1) is 12.0. The Morgan fingerprint density at radius 3 is 2.88 bits per heavy atom. The van der Waals surface area contributed by atoms with Gasteiger partial charge < -0.3 is 14.9 Å². The lowest BCUT2D eigenvalue weighted by molar-refractivity contribution is -0.237. The fourth-order valence-electron chi connectivity index (χ4n) is 4.51. The minimum atomic E-state index is -1.93. The lowest BCUT2D eigenvalue weighted by Crippen LogP contribution is -2.60. The van der Waals surface area contributed by atoms with E-state index in [-0.39, 0.29) is 6.04 Å². The summed E-state index contributed by atoms with van der Waals surface area (Å²) in [4.78, 5) is 6.54. The molecule has 0 aliphatic carbocycles. The van der Waals surface area contributed by atoms with Gasteiger partial charge in [0.2, 0.25) is 5.79 Å². The Bertz CT molecular complexity index is 805. The summed E-state index contributed by atoms with van der Waals surface area (Å²) in [6, 6.07) is 6.88. The normalized spacial score (nSPS) is 28.9. The van der Waals surface area contributed by atoms with E-state index in [9.17, 15) is 10.2 Å². The summed E-state index contributed by atoms with van der Waals surface area (Å²) < 4.78 is 5.30. The van der Waals surface area contributed by atoms with Crippen LogP contribution in [0.4, 0.5) is 0 Å². The average molecular weight is 340 g/mol. The minimum Gasteiger partial charge on any atom is -0.497 e. The maximum atomic E-state index is 11.2. The number of piperidine rings is 3. The molecular formula is C20H24N2O3. The third kappa shape index (κ3) is 2.63. The van der Waals surface area contributed by atoms with Gasteiger partial charge in [-0.2, -0.15) is 0 Å². The zero-order chi connectivity index (χ0) is 17.6. The highest BCUT2D eigenvalue weighted by Gasteiger charge is 2.49. The van der Waals surface area contributed by atoms with E-state index in [4.69, 9.17) is 4.74 Å². The predicted octanol–water partition coefficient (Wildman–Crippen LogP) is 2.28. The fourth-order valence-corrected chi connectivity index (χ4v) is 4.51. The number of ether oxygens (including phenoxy) is 1. The highest BCUT2D eigenvalue weighted by molar-refractivity contribution is 5.84. The van der Waals surface area contributed by atoms with Gasteiger partial charge in [-0.05, 0) is 55.5 Å². The molecule has 0 radical (unpaired) electrons. The van der Waals surface area contributed by atoms with Crippen LogP contribution in [0.3, 0.4) is 0 Å². The number of aliphatic hydroxyl groups is 2. The van der Waals surface area contributed by atoms with Crippen LogP contribution in [-0.4, -0.2) is 46.3 Å². The van der Waals surface area contributed by atoms with Crippen LogP contribution in [0, 0.1) is 11.8 Å². The van der Waals surface area contributed by atoms with Crippen molar-refractivity contribution in [3.8, 4) is 5.75 Å². The molecular weight excluding hydrogens is 316 g/mol. The largest absolute Gasteiger partial charge is 0.497 e. The molecule has 4 atom stereocenters. The van der Waals surface area contributed by atoms with Gasteiger partial charge in [0.25, 0.3) is 0 Å². The Hall–Kier alpha value is -1.95. The average Bonchev–Trinajstić information content (AvgIpc) is 2.67. The van der Waals surface area contributed by atoms with E-state index in [1.54, 1.807) is 19.4 Å². The summed E-state index contributed by atoms with van der Waals surface area (Å²) in [5.41, 5.74) is 1.22. The Labute approximate surface area is 147 Å². The Morgan fingerprint density at radius 1 is 1.36 bits per heavy atom. The first-order valence-electron chi connectivity index (χ1n) is 8.79. The number of hydrogen-bond donors (Lipinski definition) is 2. The van der Waals surface area contributed by atoms with E-state index >= 15 is 0 Å². The van der Waals surface area contributed by atoms with Gasteiger partial charge in [-0.3, -0.25) is 9.88 Å². The molecule has 3 fully saturated rings. The molecule has 1 unspecified atom stereocenters. The molecule has 1 aromatic heterocycles. The van der Waals surface area contributed by atoms with Crippen LogP contribution in [-0.2, 0) is 5.79 Å². The molecule has 1 aromatic carbocycles. The number of pyridine rings is 1. The lowest BCUT2D eigenvalue weighted by atomic mass is 9.72. The smallest absolute Gasteiger partial charge is 0.206 e. The van der Waals surface area contributed by atoms with E-state index in [2.05, 4.69) is 16.5 Å². The summed E-state index contributed by atoms with van der Waals surface area (Å²) in [6.07, 6.45) is 5.50. The van der Waals surface area contributed by atoms with Gasteiger partial charge >= 0.3 is 0 Å². The highest BCUT2D eigenvalue weighted by Crippen LogP contribution is 2.43. The van der Waals surface area contributed by atoms with Gasteiger partial charge in [0.15, 0.2) is 0 Å². The SMILES string of the molecule is C=C[C@H]1CN2CC[C@H]1C[C@H]2C(O)(O)c1ccnc2ccc(OC)cc12. The van der Waals surface area contributed by atoms with Gasteiger partial charge in [-0.1, -0.05) is 6.08 Å². The predicted molar refractivity (Wildman–Crippen MR) is 96.2 cm³/mol. The highest BCUT2D eigenvalue weighted by atomic mass is 16.5. The zero-order valence-electron chi connectivity index (χ0n) is 14.4. The maximum Gasteiger partial charge on any atom is 0.206 e. The monoisotopic (exact) mass is 340 g/mol. The van der Waals surface area contributed by atoms with Gasteiger partial charge in [0.1, 0.15) is 5.75 Å². The second-order valence-electron chi connectivity index (χ2n) is 7.16. The molecule has 2 bridgehead atoms. The molecule has 132 valence electrons. The van der Waals surface area contributed by atoms with Crippen molar-refractivity contribution in [3.63, 3.8) is 0 Å². The molecule has 0 amide bonds. The number of methoxy groups -OCH3 is 1. The van der Waals surface area contributed by atoms with E-state index in [1.807, 2.05) is 24.3 Å². The summed E-state index contributed by atoms with van der Waals surface area (Å²) in [7, 11) is 1.60. The molecule has 5 nitrogen and oxygen atoms in total. The molecule has 5 heteroatoms. The number of rotatable bonds is 4. The second-order valence-corrected chi connectivity index (χ2v) is 7.16. The van der Waals surface area contributed by atoms with E-state index in [0.29, 0.717) is 23.1 Å². The fraction of sp³-hybridized carbons (Fsp3) is 0.450. The van der Waals surface area contributed by atoms with E-state index in [1.165, 1.54) is 0 Å². The molecule has 3 saturated heterocycles. The van der Waals surface area contributed by atoms with Crippen LogP contribution in [0.5, 0.6) is 5.75 Å². The molecule has 2 aromatic rings. The van der Waals surface area contributed by atoms with Crippen molar-refractivity contribution in [2.75, 3.05) is 20.2 Å². The van der Waals surface area contributed by atoms with Crippen LogP contribution < -0.4 is 4.74 Å². The summed E-state index contributed by atoms with van der Waals surface area (Å²) in [5.74, 6) is -0.350. The van der Waals surface area contributed by atoms with Crippen LogP contribution >= 0.6 is 0 Å². The molecule has 3 aliphatic rings. The summed E-state index contributed by atoms with van der Waals surface area (Å²) in [5, 5.41) is 23.1. The zero-order valence-corrected chi connectivity index (χ0v) is 14.4. The number of benzene rings is 1. The van der Waals surface area contributed by atoms with Gasteiger partial charge in [0.05, 0.1) is 18.7 Å². The Balaban J connectivity index is 1.76. The second kappa shape index (κ2) is 6.09. The van der Waals surface area contributed by atoms with Crippen molar-refractivity contribution < 1.29 is 14.9 Å². The third-order valence-corrected chi connectivity index (χ3v) is 5.92. The molecule has 5 rings (SSSR count). The van der Waals surface area contributed by atoms with Crippen molar-refractivity contribution in [1.29, 1.82) is 0 Å². The molecule has 25 heavy (non-hydrogen) atoms. The molecule has 2 N–H and O–H groups in total. The van der Waals surface area contributed by atoms with Crippen LogP contribution in [0.25, 0.3) is 10.9 Å². The minimum absolute atomic E-state index is 0.320.